The zero-order valence-corrected chi connectivity index (χ0v) is 12.6. The van der Waals surface area contributed by atoms with Gasteiger partial charge in [-0.05, 0) is 41.8 Å². The fraction of sp³-hybridized carbons (Fsp3) is 0.263. The van der Waals surface area contributed by atoms with Crippen LogP contribution < -0.4 is 4.74 Å². The molecule has 0 N–H and O–H groups in total. The molecule has 0 saturated carbocycles. The van der Waals surface area contributed by atoms with Crippen molar-refractivity contribution in [3.05, 3.63) is 65.2 Å². The lowest BCUT2D eigenvalue weighted by molar-refractivity contribution is 0.275. The van der Waals surface area contributed by atoms with E-state index >= 15 is 0 Å². The van der Waals surface area contributed by atoms with Crippen molar-refractivity contribution in [3.63, 3.8) is 0 Å². The summed E-state index contributed by atoms with van der Waals surface area (Å²) in [4.78, 5) is 0. The molecule has 0 fully saturated rings. The first-order chi connectivity index (χ1) is 10.4. The molecule has 0 heterocycles. The minimum absolute atomic E-state index is 0.532. The Morgan fingerprint density at radius 1 is 1.10 bits per heavy atom. The van der Waals surface area contributed by atoms with Crippen molar-refractivity contribution in [3.8, 4) is 17.6 Å². The molecule has 0 amide bonds. The summed E-state index contributed by atoms with van der Waals surface area (Å²) in [5.74, 6) is 8.13. The molecule has 0 aromatic heterocycles. The zero-order valence-electron chi connectivity index (χ0n) is 11.8. The molecule has 1 aliphatic carbocycles. The Kier molecular flexibility index (Phi) is 4.48. The number of fused-ring (bicyclic) bond motifs is 1. The van der Waals surface area contributed by atoms with Gasteiger partial charge in [0.25, 0.3) is 0 Å². The van der Waals surface area contributed by atoms with Crippen LogP contribution in [0, 0.1) is 11.8 Å². The summed E-state index contributed by atoms with van der Waals surface area (Å²) < 4.78 is 5.88. The van der Waals surface area contributed by atoms with Crippen molar-refractivity contribution in [1.29, 1.82) is 0 Å². The van der Waals surface area contributed by atoms with E-state index in [9.17, 15) is 0 Å². The second-order valence-electron chi connectivity index (χ2n) is 5.18. The van der Waals surface area contributed by atoms with Crippen LogP contribution in [0.1, 0.15) is 29.0 Å². The lowest BCUT2D eigenvalue weighted by Gasteiger charge is -2.29. The summed E-state index contributed by atoms with van der Waals surface area (Å²) in [6, 6.07) is 16.5. The van der Waals surface area contributed by atoms with Gasteiger partial charge in [0.15, 0.2) is 0 Å². The summed E-state index contributed by atoms with van der Waals surface area (Å²) in [7, 11) is 0. The molecule has 1 aliphatic rings. The van der Waals surface area contributed by atoms with Crippen LogP contribution in [0.3, 0.4) is 0 Å². The molecule has 1 atom stereocenters. The average molecular weight is 297 g/mol. The second-order valence-corrected chi connectivity index (χ2v) is 5.55. The molecule has 21 heavy (non-hydrogen) atoms. The van der Waals surface area contributed by atoms with Crippen LogP contribution in [0.2, 0.25) is 0 Å². The third-order valence-electron chi connectivity index (χ3n) is 3.72. The van der Waals surface area contributed by atoms with Crippen molar-refractivity contribution in [2.45, 2.75) is 18.8 Å². The third kappa shape index (κ3) is 3.40. The highest BCUT2D eigenvalue weighted by molar-refractivity contribution is 6.18. The highest BCUT2D eigenvalue weighted by Gasteiger charge is 2.25. The zero-order chi connectivity index (χ0) is 14.5. The maximum Gasteiger partial charge on any atom is 0.119 e. The maximum absolute atomic E-state index is 5.88. The lowest BCUT2D eigenvalue weighted by Crippen LogP contribution is -2.23. The van der Waals surface area contributed by atoms with E-state index in [0.29, 0.717) is 11.8 Å². The Balaban J connectivity index is 1.54. The van der Waals surface area contributed by atoms with E-state index < -0.39 is 0 Å². The Bertz CT molecular complexity index is 664. The van der Waals surface area contributed by atoms with Crippen LogP contribution in [-0.2, 0) is 6.42 Å². The molecular weight excluding hydrogens is 280 g/mol. The van der Waals surface area contributed by atoms with Crippen LogP contribution in [0.5, 0.6) is 5.75 Å². The summed E-state index contributed by atoms with van der Waals surface area (Å²) in [5.41, 5.74) is 3.89. The van der Waals surface area contributed by atoms with Crippen molar-refractivity contribution in [2.24, 2.45) is 0 Å². The van der Waals surface area contributed by atoms with Gasteiger partial charge in [-0.15, -0.1) is 11.6 Å². The molecule has 1 nitrogen and oxygen atoms in total. The SMILES string of the molecule is ClCCC#Cc1ccc(OCC2Cc3ccccc32)cc1. The Hall–Kier alpha value is -1.91. The van der Waals surface area contributed by atoms with E-state index in [-0.39, 0.29) is 0 Å². The average Bonchev–Trinajstić information content (AvgIpc) is 2.50. The first-order valence-electron chi connectivity index (χ1n) is 7.22. The lowest BCUT2D eigenvalue weighted by atomic mass is 9.78. The molecule has 1 unspecified atom stereocenters. The minimum Gasteiger partial charge on any atom is -0.493 e. The molecule has 106 valence electrons. The fourth-order valence-corrected chi connectivity index (χ4v) is 2.65. The van der Waals surface area contributed by atoms with Gasteiger partial charge in [-0.2, -0.15) is 0 Å². The maximum atomic E-state index is 5.88. The number of alkyl halides is 1. The van der Waals surface area contributed by atoms with E-state index in [1.165, 1.54) is 11.1 Å². The van der Waals surface area contributed by atoms with Crippen LogP contribution in [0.15, 0.2) is 48.5 Å². The highest BCUT2D eigenvalue weighted by Crippen LogP contribution is 2.35. The van der Waals surface area contributed by atoms with Crippen LogP contribution >= 0.6 is 11.6 Å². The van der Waals surface area contributed by atoms with Gasteiger partial charge in [0.1, 0.15) is 5.75 Å². The Labute approximate surface area is 130 Å². The van der Waals surface area contributed by atoms with Crippen molar-refractivity contribution in [2.75, 3.05) is 12.5 Å². The van der Waals surface area contributed by atoms with Gasteiger partial charge < -0.3 is 4.74 Å². The molecule has 0 bridgehead atoms. The van der Waals surface area contributed by atoms with Crippen LogP contribution in [0.25, 0.3) is 0 Å². The van der Waals surface area contributed by atoms with Gasteiger partial charge >= 0.3 is 0 Å². The number of hydrogen-bond donors (Lipinski definition) is 0. The summed E-state index contributed by atoms with van der Waals surface area (Å²) in [6.45, 7) is 0.744. The monoisotopic (exact) mass is 296 g/mol. The predicted molar refractivity (Wildman–Crippen MR) is 87.0 cm³/mol. The first kappa shape index (κ1) is 14.0. The van der Waals surface area contributed by atoms with E-state index in [2.05, 4.69) is 36.1 Å². The summed E-state index contributed by atoms with van der Waals surface area (Å²) in [5, 5.41) is 0. The van der Waals surface area contributed by atoms with Gasteiger partial charge in [0.2, 0.25) is 0 Å². The molecule has 0 saturated heterocycles. The fourth-order valence-electron chi connectivity index (χ4n) is 2.55. The van der Waals surface area contributed by atoms with Gasteiger partial charge in [-0.25, -0.2) is 0 Å². The van der Waals surface area contributed by atoms with Crippen molar-refractivity contribution in [1.82, 2.24) is 0 Å². The van der Waals surface area contributed by atoms with Crippen molar-refractivity contribution >= 4 is 11.6 Å². The largest absolute Gasteiger partial charge is 0.493 e. The smallest absolute Gasteiger partial charge is 0.119 e. The van der Waals surface area contributed by atoms with E-state index in [0.717, 1.165) is 30.8 Å². The topological polar surface area (TPSA) is 9.23 Å². The number of rotatable bonds is 4. The molecule has 2 aromatic carbocycles. The second kappa shape index (κ2) is 6.70. The molecule has 2 aromatic rings. The number of halogens is 1. The van der Waals surface area contributed by atoms with Crippen molar-refractivity contribution < 1.29 is 4.74 Å². The highest BCUT2D eigenvalue weighted by atomic mass is 35.5. The number of ether oxygens (including phenoxy) is 1. The number of benzene rings is 2. The predicted octanol–water partition coefficient (Wildman–Crippen LogP) is 4.39. The molecule has 0 radical (unpaired) electrons. The minimum atomic E-state index is 0.532. The number of hydrogen-bond acceptors (Lipinski definition) is 1. The summed E-state index contributed by atoms with van der Waals surface area (Å²) >= 11 is 5.60. The molecular formula is C19H17ClO. The van der Waals surface area contributed by atoms with E-state index in [1.54, 1.807) is 0 Å². The van der Waals surface area contributed by atoms with Gasteiger partial charge in [0.05, 0.1) is 6.61 Å². The molecule has 0 spiro atoms. The van der Waals surface area contributed by atoms with E-state index in [1.807, 2.05) is 24.3 Å². The molecule has 3 rings (SSSR count). The van der Waals surface area contributed by atoms with E-state index in [4.69, 9.17) is 16.3 Å². The van der Waals surface area contributed by atoms with Gasteiger partial charge in [-0.3, -0.25) is 0 Å². The Morgan fingerprint density at radius 3 is 2.67 bits per heavy atom. The van der Waals surface area contributed by atoms with Crippen LogP contribution in [-0.4, -0.2) is 12.5 Å². The van der Waals surface area contributed by atoms with Crippen LogP contribution in [0.4, 0.5) is 0 Å². The van der Waals surface area contributed by atoms with Gasteiger partial charge in [0, 0.05) is 23.8 Å². The molecule has 2 heteroatoms. The summed E-state index contributed by atoms with van der Waals surface area (Å²) in [6.07, 6.45) is 1.85. The molecule has 0 aliphatic heterocycles. The quantitative estimate of drug-likeness (QED) is 0.601. The third-order valence-corrected chi connectivity index (χ3v) is 3.91. The first-order valence-corrected chi connectivity index (χ1v) is 7.76. The normalized spacial score (nSPS) is 15.4. The Morgan fingerprint density at radius 2 is 1.90 bits per heavy atom. The van der Waals surface area contributed by atoms with Gasteiger partial charge in [-0.1, -0.05) is 36.1 Å². The standard InChI is InChI=1S/C19H17ClO/c20-12-4-3-5-15-8-10-18(11-9-15)21-14-17-13-16-6-1-2-7-19(16)17/h1-2,6-11,17H,4,12-14H2.